The van der Waals surface area contributed by atoms with Crippen LogP contribution in [0.2, 0.25) is 0 Å². The lowest BCUT2D eigenvalue weighted by atomic mass is 10.2. The molecule has 1 N–H and O–H groups in total. The summed E-state index contributed by atoms with van der Waals surface area (Å²) in [6.45, 7) is 5.82. The van der Waals surface area contributed by atoms with Crippen LogP contribution < -0.4 is 10.2 Å². The third-order valence-corrected chi connectivity index (χ3v) is 3.40. The zero-order valence-corrected chi connectivity index (χ0v) is 13.7. The number of nitrogens with one attached hydrogen (secondary N) is 1. The molecule has 0 aliphatic carbocycles. The number of benzene rings is 1. The fourth-order valence-corrected chi connectivity index (χ4v) is 2.29. The Balaban J connectivity index is 2.13. The van der Waals surface area contributed by atoms with Gasteiger partial charge in [0, 0.05) is 13.1 Å². The highest BCUT2D eigenvalue weighted by Crippen LogP contribution is 2.19. The van der Waals surface area contributed by atoms with Crippen molar-refractivity contribution in [2.24, 2.45) is 0 Å². The topological polar surface area (TPSA) is 58.1 Å². The summed E-state index contributed by atoms with van der Waals surface area (Å²) >= 11 is 0. The van der Waals surface area contributed by atoms with Crippen molar-refractivity contribution < 1.29 is 13.6 Å². The predicted octanol–water partition coefficient (Wildman–Crippen LogP) is 3.63. The predicted molar refractivity (Wildman–Crippen MR) is 89.1 cm³/mol. The summed E-state index contributed by atoms with van der Waals surface area (Å²) < 4.78 is 27.1. The van der Waals surface area contributed by atoms with E-state index in [2.05, 4.69) is 34.3 Å². The van der Waals surface area contributed by atoms with Crippen molar-refractivity contribution in [1.29, 1.82) is 0 Å². The van der Waals surface area contributed by atoms with Gasteiger partial charge in [-0.15, -0.1) is 10.2 Å². The van der Waals surface area contributed by atoms with Gasteiger partial charge in [0.1, 0.15) is 17.3 Å². The van der Waals surface area contributed by atoms with E-state index < -0.39 is 23.2 Å². The highest BCUT2D eigenvalue weighted by Gasteiger charge is 2.15. The normalized spacial score (nSPS) is 10.5. The molecule has 0 bridgehead atoms. The van der Waals surface area contributed by atoms with Crippen molar-refractivity contribution in [3.8, 4) is 0 Å². The van der Waals surface area contributed by atoms with Gasteiger partial charge in [0.05, 0.1) is 0 Å². The Morgan fingerprint density at radius 3 is 2.17 bits per heavy atom. The summed E-state index contributed by atoms with van der Waals surface area (Å²) in [5, 5.41) is 10.1. The third-order valence-electron chi connectivity index (χ3n) is 3.40. The smallest absolute Gasteiger partial charge is 0.276 e. The molecule has 0 fully saturated rings. The number of amides is 1. The summed E-state index contributed by atoms with van der Waals surface area (Å²) in [4.78, 5) is 14.2. The zero-order chi connectivity index (χ0) is 17.5. The number of carbonyl (C=O) groups excluding carboxylic acids is 1. The molecule has 0 saturated carbocycles. The van der Waals surface area contributed by atoms with E-state index in [-0.39, 0.29) is 5.69 Å². The molecule has 5 nitrogen and oxygen atoms in total. The van der Waals surface area contributed by atoms with Crippen LogP contribution in [0.4, 0.5) is 20.3 Å². The third kappa shape index (κ3) is 4.24. The molecular formula is C17H20F2N4O. The van der Waals surface area contributed by atoms with Crippen LogP contribution in [0.3, 0.4) is 0 Å². The highest BCUT2D eigenvalue weighted by molar-refractivity contribution is 6.02. The van der Waals surface area contributed by atoms with Gasteiger partial charge in [-0.2, -0.15) is 0 Å². The van der Waals surface area contributed by atoms with Gasteiger partial charge in [0.2, 0.25) is 0 Å². The second-order valence-corrected chi connectivity index (χ2v) is 5.31. The van der Waals surface area contributed by atoms with E-state index in [0.29, 0.717) is 5.82 Å². The first-order valence-electron chi connectivity index (χ1n) is 7.90. The molecule has 24 heavy (non-hydrogen) atoms. The second kappa shape index (κ2) is 8.33. The van der Waals surface area contributed by atoms with Crippen LogP contribution >= 0.6 is 0 Å². The van der Waals surface area contributed by atoms with E-state index in [1.165, 1.54) is 12.1 Å². The SMILES string of the molecule is CCCN(CCC)c1ccc(C(=O)Nc2c(F)cccc2F)nn1. The molecule has 1 amide bonds. The lowest BCUT2D eigenvalue weighted by molar-refractivity contribution is 0.102. The maximum absolute atomic E-state index is 13.6. The first-order valence-corrected chi connectivity index (χ1v) is 7.90. The molecular weight excluding hydrogens is 314 g/mol. The van der Waals surface area contributed by atoms with Crippen molar-refractivity contribution in [3.63, 3.8) is 0 Å². The molecule has 2 aromatic rings. The Morgan fingerprint density at radius 1 is 1.04 bits per heavy atom. The van der Waals surface area contributed by atoms with Crippen molar-refractivity contribution in [1.82, 2.24) is 10.2 Å². The maximum Gasteiger partial charge on any atom is 0.276 e. The Labute approximate surface area is 139 Å². The first-order chi connectivity index (χ1) is 11.6. The number of nitrogens with zero attached hydrogens (tertiary/aromatic N) is 3. The molecule has 0 aliphatic heterocycles. The van der Waals surface area contributed by atoms with E-state index in [1.807, 2.05) is 0 Å². The molecule has 0 aliphatic rings. The minimum absolute atomic E-state index is 0.00523. The largest absolute Gasteiger partial charge is 0.355 e. The van der Waals surface area contributed by atoms with Gasteiger partial charge in [0.25, 0.3) is 5.91 Å². The molecule has 128 valence electrons. The van der Waals surface area contributed by atoms with Gasteiger partial charge in [-0.1, -0.05) is 19.9 Å². The minimum atomic E-state index is -0.843. The van der Waals surface area contributed by atoms with E-state index >= 15 is 0 Å². The number of anilines is 2. The number of halogens is 2. The van der Waals surface area contributed by atoms with Gasteiger partial charge >= 0.3 is 0 Å². The number of para-hydroxylation sites is 1. The van der Waals surface area contributed by atoms with Crippen molar-refractivity contribution in [2.75, 3.05) is 23.3 Å². The van der Waals surface area contributed by atoms with Crippen LogP contribution in [0.15, 0.2) is 30.3 Å². The fraction of sp³-hybridized carbons (Fsp3) is 0.353. The van der Waals surface area contributed by atoms with Crippen molar-refractivity contribution in [3.05, 3.63) is 47.7 Å². The van der Waals surface area contributed by atoms with Crippen LogP contribution in [0, 0.1) is 11.6 Å². The lowest BCUT2D eigenvalue weighted by Crippen LogP contribution is -2.26. The number of hydrogen-bond acceptors (Lipinski definition) is 4. The molecule has 7 heteroatoms. The lowest BCUT2D eigenvalue weighted by Gasteiger charge is -2.21. The summed E-state index contributed by atoms with van der Waals surface area (Å²) in [6.07, 6.45) is 1.94. The van der Waals surface area contributed by atoms with E-state index in [4.69, 9.17) is 0 Å². The number of carbonyl (C=O) groups is 1. The number of rotatable bonds is 7. The average Bonchev–Trinajstić information content (AvgIpc) is 2.58. The molecule has 0 radical (unpaired) electrons. The number of aromatic nitrogens is 2. The molecule has 1 aromatic heterocycles. The Kier molecular flexibility index (Phi) is 6.17. The zero-order valence-electron chi connectivity index (χ0n) is 13.7. The summed E-state index contributed by atoms with van der Waals surface area (Å²) in [7, 11) is 0. The Bertz CT molecular complexity index is 665. The molecule has 0 atom stereocenters. The van der Waals surface area contributed by atoms with Gasteiger partial charge in [-0.3, -0.25) is 4.79 Å². The Hall–Kier alpha value is -2.57. The van der Waals surface area contributed by atoms with Gasteiger partial charge in [0.15, 0.2) is 11.5 Å². The molecule has 1 aromatic carbocycles. The quantitative estimate of drug-likeness (QED) is 0.840. The van der Waals surface area contributed by atoms with Crippen molar-refractivity contribution in [2.45, 2.75) is 26.7 Å². The van der Waals surface area contributed by atoms with Crippen LogP contribution in [-0.4, -0.2) is 29.2 Å². The van der Waals surface area contributed by atoms with Crippen LogP contribution in [0.1, 0.15) is 37.2 Å². The Morgan fingerprint density at radius 2 is 1.67 bits per heavy atom. The van der Waals surface area contributed by atoms with Gasteiger partial charge in [-0.25, -0.2) is 8.78 Å². The van der Waals surface area contributed by atoms with Gasteiger partial charge < -0.3 is 10.2 Å². The minimum Gasteiger partial charge on any atom is -0.355 e. The second-order valence-electron chi connectivity index (χ2n) is 5.31. The molecule has 1 heterocycles. The van der Waals surface area contributed by atoms with Crippen LogP contribution in [0.25, 0.3) is 0 Å². The van der Waals surface area contributed by atoms with E-state index in [0.717, 1.165) is 38.1 Å². The van der Waals surface area contributed by atoms with E-state index in [1.54, 1.807) is 6.07 Å². The summed E-state index contributed by atoms with van der Waals surface area (Å²) in [5.74, 6) is -1.72. The maximum atomic E-state index is 13.6. The highest BCUT2D eigenvalue weighted by atomic mass is 19.1. The molecule has 0 unspecified atom stereocenters. The van der Waals surface area contributed by atoms with Crippen LogP contribution in [0.5, 0.6) is 0 Å². The molecule has 0 saturated heterocycles. The standard InChI is InChI=1S/C17H20F2N4O/c1-3-10-23(11-4-2)15-9-8-14(21-22-15)17(24)20-16-12(18)6-5-7-13(16)19/h5-9H,3-4,10-11H2,1-2H3,(H,20,24). The average molecular weight is 334 g/mol. The van der Waals surface area contributed by atoms with Gasteiger partial charge in [-0.05, 0) is 37.1 Å². The fourth-order valence-electron chi connectivity index (χ4n) is 2.29. The summed E-state index contributed by atoms with van der Waals surface area (Å²) in [5.41, 5.74) is -0.499. The summed E-state index contributed by atoms with van der Waals surface area (Å²) in [6, 6.07) is 6.55. The van der Waals surface area contributed by atoms with E-state index in [9.17, 15) is 13.6 Å². The van der Waals surface area contributed by atoms with Crippen molar-refractivity contribution >= 4 is 17.4 Å². The monoisotopic (exact) mass is 334 g/mol. The van der Waals surface area contributed by atoms with Crippen LogP contribution in [-0.2, 0) is 0 Å². The molecule has 2 rings (SSSR count). The molecule has 0 spiro atoms. The number of hydrogen-bond donors (Lipinski definition) is 1. The first kappa shape index (κ1) is 17.8.